The molecule has 3 heterocycles. The number of piperidine rings is 1. The van der Waals surface area contributed by atoms with Crippen molar-refractivity contribution in [2.45, 2.75) is 95.5 Å². The van der Waals surface area contributed by atoms with Crippen molar-refractivity contribution in [3.05, 3.63) is 71.8 Å². The Bertz CT molecular complexity index is 1670. The quantitative estimate of drug-likeness (QED) is 0.120. The third kappa shape index (κ3) is 8.47. The number of halogens is 6. The summed E-state index contributed by atoms with van der Waals surface area (Å²) in [5, 5.41) is 4.14. The zero-order chi connectivity index (χ0) is 37.2. The van der Waals surface area contributed by atoms with Gasteiger partial charge >= 0.3 is 24.4 Å². The van der Waals surface area contributed by atoms with Crippen molar-refractivity contribution in [2.75, 3.05) is 12.0 Å². The van der Waals surface area contributed by atoms with Gasteiger partial charge in [0.1, 0.15) is 6.10 Å². The van der Waals surface area contributed by atoms with Crippen LogP contribution < -0.4 is 4.90 Å². The Kier molecular flexibility index (Phi) is 11.0. The monoisotopic (exact) mass is 722 g/mol. The van der Waals surface area contributed by atoms with Gasteiger partial charge in [-0.05, 0) is 68.2 Å². The van der Waals surface area contributed by atoms with E-state index in [2.05, 4.69) is 21.6 Å². The van der Waals surface area contributed by atoms with Crippen LogP contribution in [0.5, 0.6) is 0 Å². The van der Waals surface area contributed by atoms with Crippen molar-refractivity contribution >= 4 is 18.0 Å². The number of rotatable bonds is 10. The number of hydrogen-bond donors (Lipinski definition) is 0. The predicted molar refractivity (Wildman–Crippen MR) is 174 cm³/mol. The number of carbonyl (C=O) groups is 2. The first kappa shape index (κ1) is 37.6. The predicted octanol–water partition coefficient (Wildman–Crippen LogP) is 7.59. The van der Waals surface area contributed by atoms with E-state index >= 15 is 0 Å². The Morgan fingerprint density at radius 3 is 1.94 bits per heavy atom. The number of likely N-dealkylation sites (tertiary alicyclic amines) is 1. The molecule has 1 amide bonds. The van der Waals surface area contributed by atoms with Crippen LogP contribution in [0, 0.1) is 5.92 Å². The maximum atomic E-state index is 13.8. The van der Waals surface area contributed by atoms with Crippen LogP contribution in [0.15, 0.2) is 55.1 Å². The molecule has 2 aliphatic rings. The van der Waals surface area contributed by atoms with Crippen LogP contribution in [0.25, 0.3) is 11.1 Å². The normalized spacial score (nSPS) is 22.2. The number of ether oxygens (including phenoxy) is 2. The second kappa shape index (κ2) is 14.9. The number of alkyl halides is 6. The zero-order valence-corrected chi connectivity index (χ0v) is 28.7. The Morgan fingerprint density at radius 2 is 1.47 bits per heavy atom. The van der Waals surface area contributed by atoms with Gasteiger partial charge < -0.3 is 19.3 Å². The number of anilines is 1. The summed E-state index contributed by atoms with van der Waals surface area (Å²) in [6.45, 7) is 7.22. The van der Waals surface area contributed by atoms with Gasteiger partial charge in [-0.3, -0.25) is 4.68 Å². The van der Waals surface area contributed by atoms with Gasteiger partial charge in [-0.1, -0.05) is 20.4 Å². The number of esters is 1. The molecule has 5 rings (SSSR count). The van der Waals surface area contributed by atoms with Crippen LogP contribution in [0.4, 0.5) is 37.1 Å². The fourth-order valence-electron chi connectivity index (χ4n) is 6.84. The highest BCUT2D eigenvalue weighted by atomic mass is 19.4. The highest BCUT2D eigenvalue weighted by molar-refractivity contribution is 5.88. The summed E-state index contributed by atoms with van der Waals surface area (Å²) in [4.78, 5) is 37.8. The molecule has 1 saturated carbocycles. The van der Waals surface area contributed by atoms with Crippen LogP contribution >= 0.6 is 0 Å². The number of methoxy groups -OCH3 is 1. The van der Waals surface area contributed by atoms with Gasteiger partial charge in [-0.25, -0.2) is 19.6 Å². The lowest BCUT2D eigenvalue weighted by Crippen LogP contribution is -2.57. The average molecular weight is 723 g/mol. The lowest BCUT2D eigenvalue weighted by atomic mass is 9.77. The zero-order valence-electron chi connectivity index (χ0n) is 28.7. The minimum atomic E-state index is -5.01. The van der Waals surface area contributed by atoms with Crippen LogP contribution in [0.2, 0.25) is 0 Å². The number of aromatic nitrogens is 4. The summed E-state index contributed by atoms with van der Waals surface area (Å²) >= 11 is 0. The summed E-state index contributed by atoms with van der Waals surface area (Å²) in [7, 11) is 3.01. The van der Waals surface area contributed by atoms with Crippen molar-refractivity contribution in [2.24, 2.45) is 13.0 Å². The average Bonchev–Trinajstić information content (AvgIpc) is 3.52. The van der Waals surface area contributed by atoms with E-state index in [9.17, 15) is 35.9 Å². The first-order chi connectivity index (χ1) is 24.0. The van der Waals surface area contributed by atoms with Crippen LogP contribution in [-0.4, -0.2) is 68.1 Å². The first-order valence-electron chi connectivity index (χ1n) is 16.6. The highest BCUT2D eigenvalue weighted by Gasteiger charge is 2.44. The number of hydrogen-bond acceptors (Lipinski definition) is 8. The molecule has 0 bridgehead atoms. The lowest BCUT2D eigenvalue weighted by Gasteiger charge is -2.48. The molecule has 1 saturated heterocycles. The molecule has 10 nitrogen and oxygen atoms in total. The summed E-state index contributed by atoms with van der Waals surface area (Å²) in [5.41, 5.74) is -1.38. The summed E-state index contributed by atoms with van der Waals surface area (Å²) < 4.78 is 95.1. The highest BCUT2D eigenvalue weighted by Crippen LogP contribution is 2.40. The Hall–Kier alpha value is -4.63. The maximum Gasteiger partial charge on any atom is 0.416 e. The van der Waals surface area contributed by atoms with E-state index in [4.69, 9.17) is 9.47 Å². The van der Waals surface area contributed by atoms with Gasteiger partial charge in [0, 0.05) is 67.0 Å². The molecule has 276 valence electrons. The third-order valence-electron chi connectivity index (χ3n) is 9.71. The summed E-state index contributed by atoms with van der Waals surface area (Å²) in [5.74, 6) is -0.550. The van der Waals surface area contributed by atoms with Crippen LogP contribution in [0.3, 0.4) is 0 Å². The lowest BCUT2D eigenvalue weighted by molar-refractivity contribution is -0.143. The topological polar surface area (TPSA) is 103 Å². The van der Waals surface area contributed by atoms with E-state index in [1.807, 2.05) is 13.8 Å². The molecule has 2 aromatic heterocycles. The molecule has 1 unspecified atom stereocenters. The SMILES string of the molecule is C=C(C(=O)OC)C1CC(OC(=O)N2[C@H](CC)CC(N(Cc3cc(C(F)(F)F)cc(C(F)(F)F)c3)c3ncc(-c4cnn(C)c4)cn3)C[C@@H]2CC)C1. The molecule has 0 N–H and O–H groups in total. The second-order valence-electron chi connectivity index (χ2n) is 13.1. The molecule has 51 heavy (non-hydrogen) atoms. The number of benzene rings is 1. The Labute approximate surface area is 291 Å². The molecule has 1 aromatic carbocycles. The third-order valence-corrected chi connectivity index (χ3v) is 9.71. The van der Waals surface area contributed by atoms with E-state index in [0.717, 1.165) is 5.56 Å². The molecule has 0 spiro atoms. The molecule has 0 radical (unpaired) electrons. The van der Waals surface area contributed by atoms with Crippen LogP contribution in [0.1, 0.15) is 69.1 Å². The molecular weight excluding hydrogens is 682 g/mol. The van der Waals surface area contributed by atoms with Gasteiger partial charge in [-0.2, -0.15) is 31.4 Å². The first-order valence-corrected chi connectivity index (χ1v) is 16.6. The van der Waals surface area contributed by atoms with Crippen molar-refractivity contribution in [3.63, 3.8) is 0 Å². The van der Waals surface area contributed by atoms with Crippen molar-refractivity contribution in [3.8, 4) is 11.1 Å². The van der Waals surface area contributed by atoms with E-state index in [-0.39, 0.29) is 42.1 Å². The van der Waals surface area contributed by atoms with Gasteiger partial charge in [0.05, 0.1) is 24.4 Å². The molecule has 1 aliphatic heterocycles. The van der Waals surface area contributed by atoms with Crippen molar-refractivity contribution < 1.29 is 45.4 Å². The van der Waals surface area contributed by atoms with Crippen molar-refractivity contribution in [1.29, 1.82) is 0 Å². The second-order valence-corrected chi connectivity index (χ2v) is 13.1. The maximum absolute atomic E-state index is 13.8. The number of carbonyl (C=O) groups excluding carboxylic acids is 2. The molecular formula is C35H40F6N6O4. The van der Waals surface area contributed by atoms with E-state index < -0.39 is 47.7 Å². The Morgan fingerprint density at radius 1 is 0.902 bits per heavy atom. The number of amides is 1. The number of nitrogens with zero attached hydrogens (tertiary/aromatic N) is 6. The molecule has 3 atom stereocenters. The Balaban J connectivity index is 1.44. The summed E-state index contributed by atoms with van der Waals surface area (Å²) in [6.07, 6.45) is -2.00. The molecule has 3 aromatic rings. The standard InChI is InChI=1S/C35H40F6N6O4/c1-6-27-13-29(14-28(7-2)47(27)33(49)51-30-10-22(11-30)20(3)31(48)50-5)46(32-42-15-23(16-43-32)24-17-44-45(4)19-24)18-21-8-25(34(36,37)38)12-26(9-21)35(39,40)41/h8-9,12,15-17,19,22,27-30H,3,6-7,10-11,13-14,18H2,1-2,4-5H3/t22?,27-,28+,29?,30?. The van der Waals surface area contributed by atoms with E-state index in [1.54, 1.807) is 33.9 Å². The fourth-order valence-corrected chi connectivity index (χ4v) is 6.84. The van der Waals surface area contributed by atoms with Crippen molar-refractivity contribution in [1.82, 2.24) is 24.6 Å². The molecule has 2 fully saturated rings. The molecule has 16 heteroatoms. The summed E-state index contributed by atoms with van der Waals surface area (Å²) in [6, 6.07) is 0.335. The molecule has 1 aliphatic carbocycles. The van der Waals surface area contributed by atoms with E-state index in [1.165, 1.54) is 19.5 Å². The largest absolute Gasteiger partial charge is 0.466 e. The van der Waals surface area contributed by atoms with Crippen LogP contribution in [-0.2, 0) is 40.2 Å². The van der Waals surface area contributed by atoms with E-state index in [0.29, 0.717) is 61.8 Å². The van der Waals surface area contributed by atoms with Gasteiger partial charge in [-0.15, -0.1) is 0 Å². The minimum Gasteiger partial charge on any atom is -0.466 e. The fraction of sp³-hybridized carbons (Fsp3) is 0.514. The van der Waals surface area contributed by atoms with Gasteiger partial charge in [0.15, 0.2) is 0 Å². The number of aryl methyl sites for hydroxylation is 1. The van der Waals surface area contributed by atoms with Gasteiger partial charge in [0.2, 0.25) is 5.95 Å². The minimum absolute atomic E-state index is 0.104. The smallest absolute Gasteiger partial charge is 0.416 e. The van der Waals surface area contributed by atoms with Gasteiger partial charge in [0.25, 0.3) is 0 Å².